The zero-order valence-electron chi connectivity index (χ0n) is 11.3. The van der Waals surface area contributed by atoms with E-state index in [4.69, 9.17) is 4.99 Å². The van der Waals surface area contributed by atoms with Crippen molar-refractivity contribution in [2.24, 2.45) is 10.1 Å². The van der Waals surface area contributed by atoms with Crippen molar-refractivity contribution in [3.8, 4) is 0 Å². The number of benzene rings is 1. The Balaban J connectivity index is 1.68. The average Bonchev–Trinajstić information content (AvgIpc) is 2.50. The van der Waals surface area contributed by atoms with Gasteiger partial charge in [-0.15, -0.1) is 0 Å². The number of nitrogens with zero attached hydrogens (tertiary/aromatic N) is 2. The maximum Gasteiger partial charge on any atom is 0.177 e. The normalized spacial score (nSPS) is 22.4. The molecule has 0 spiro atoms. The van der Waals surface area contributed by atoms with Crippen LogP contribution >= 0.6 is 11.8 Å². The number of amidine groups is 1. The van der Waals surface area contributed by atoms with E-state index < -0.39 is 0 Å². The molecule has 3 nitrogen and oxygen atoms in total. The average molecular weight is 291 g/mol. The maximum absolute atomic E-state index is 13.7. The molecule has 1 heterocycles. The molecule has 3 rings (SSSR count). The largest absolute Gasteiger partial charge is 0.258 e. The lowest BCUT2D eigenvalue weighted by Gasteiger charge is -2.21. The summed E-state index contributed by atoms with van der Waals surface area (Å²) in [5.74, 6) is 0.445. The first-order valence-corrected chi connectivity index (χ1v) is 8.09. The highest BCUT2D eigenvalue weighted by atomic mass is 32.2. The van der Waals surface area contributed by atoms with Gasteiger partial charge in [0.2, 0.25) is 0 Å². The number of hydrogen-bond donors (Lipinski definition) is 1. The second-order valence-electron chi connectivity index (χ2n) is 5.16. The Kier molecular flexibility index (Phi) is 4.35. The highest BCUT2D eigenvalue weighted by Crippen LogP contribution is 2.22. The summed E-state index contributed by atoms with van der Waals surface area (Å²) >= 11 is 1.61. The van der Waals surface area contributed by atoms with E-state index in [9.17, 15) is 4.39 Å². The van der Waals surface area contributed by atoms with Gasteiger partial charge in [0.05, 0.1) is 11.8 Å². The van der Waals surface area contributed by atoms with Gasteiger partial charge in [-0.3, -0.25) is 10.4 Å². The SMILES string of the molecule is Fc1ccccc1C1=NNC(=NC2CCCCC2)SC1. The van der Waals surface area contributed by atoms with Crippen LogP contribution in [0.25, 0.3) is 0 Å². The maximum atomic E-state index is 13.7. The lowest BCUT2D eigenvalue weighted by atomic mass is 9.96. The highest BCUT2D eigenvalue weighted by molar-refractivity contribution is 8.14. The third-order valence-electron chi connectivity index (χ3n) is 3.69. The molecule has 1 aromatic carbocycles. The van der Waals surface area contributed by atoms with Gasteiger partial charge in [-0.1, -0.05) is 49.2 Å². The van der Waals surface area contributed by atoms with Crippen LogP contribution in [-0.4, -0.2) is 22.7 Å². The number of hydrogen-bond acceptors (Lipinski definition) is 3. The van der Waals surface area contributed by atoms with E-state index >= 15 is 0 Å². The summed E-state index contributed by atoms with van der Waals surface area (Å²) < 4.78 is 13.7. The van der Waals surface area contributed by atoms with E-state index in [1.165, 1.54) is 38.2 Å². The van der Waals surface area contributed by atoms with Gasteiger partial charge in [-0.05, 0) is 18.9 Å². The molecule has 0 saturated heterocycles. The summed E-state index contributed by atoms with van der Waals surface area (Å²) in [6.45, 7) is 0. The first-order valence-electron chi connectivity index (χ1n) is 7.11. The Morgan fingerprint density at radius 1 is 1.20 bits per heavy atom. The summed E-state index contributed by atoms with van der Waals surface area (Å²) in [4.78, 5) is 4.71. The van der Waals surface area contributed by atoms with Crippen LogP contribution in [0.1, 0.15) is 37.7 Å². The topological polar surface area (TPSA) is 36.8 Å². The van der Waals surface area contributed by atoms with Gasteiger partial charge in [0.25, 0.3) is 0 Å². The minimum atomic E-state index is -0.221. The molecular weight excluding hydrogens is 273 g/mol. The van der Waals surface area contributed by atoms with Gasteiger partial charge < -0.3 is 0 Å². The van der Waals surface area contributed by atoms with Crippen molar-refractivity contribution < 1.29 is 4.39 Å². The highest BCUT2D eigenvalue weighted by Gasteiger charge is 2.18. The first-order chi connectivity index (χ1) is 9.83. The number of hydrazone groups is 1. The van der Waals surface area contributed by atoms with Crippen molar-refractivity contribution in [2.75, 3.05) is 5.75 Å². The van der Waals surface area contributed by atoms with E-state index in [0.29, 0.717) is 17.4 Å². The van der Waals surface area contributed by atoms with Crippen molar-refractivity contribution in [3.05, 3.63) is 35.6 Å². The van der Waals surface area contributed by atoms with E-state index in [1.54, 1.807) is 23.9 Å². The molecule has 0 atom stereocenters. The molecule has 0 unspecified atom stereocenters. The molecule has 0 bridgehead atoms. The Bertz CT molecular complexity index is 536. The van der Waals surface area contributed by atoms with Gasteiger partial charge in [0.1, 0.15) is 5.82 Å². The van der Waals surface area contributed by atoms with E-state index in [0.717, 1.165) is 10.9 Å². The fourth-order valence-electron chi connectivity index (χ4n) is 2.59. The van der Waals surface area contributed by atoms with Crippen LogP contribution in [0.2, 0.25) is 0 Å². The Morgan fingerprint density at radius 3 is 2.70 bits per heavy atom. The van der Waals surface area contributed by atoms with Crippen LogP contribution in [0.15, 0.2) is 34.4 Å². The standard InChI is InChI=1S/C15H18FN3S/c16-13-9-5-4-8-12(13)14-10-20-15(19-18-14)17-11-6-2-1-3-7-11/h4-5,8-9,11H,1-3,6-7,10H2,(H,17,19). The molecule has 1 N–H and O–H groups in total. The number of halogens is 1. The van der Waals surface area contributed by atoms with Crippen LogP contribution in [0.4, 0.5) is 4.39 Å². The van der Waals surface area contributed by atoms with Gasteiger partial charge in [-0.2, -0.15) is 5.10 Å². The number of nitrogens with one attached hydrogen (secondary N) is 1. The third-order valence-corrected chi connectivity index (χ3v) is 4.58. The predicted molar refractivity (Wildman–Crippen MR) is 82.8 cm³/mol. The van der Waals surface area contributed by atoms with Crippen molar-refractivity contribution in [1.82, 2.24) is 5.43 Å². The second kappa shape index (κ2) is 6.39. The first kappa shape index (κ1) is 13.6. The zero-order chi connectivity index (χ0) is 13.8. The number of aliphatic imine (C=N–C) groups is 1. The molecular formula is C15H18FN3S. The van der Waals surface area contributed by atoms with Crippen LogP contribution in [0.5, 0.6) is 0 Å². The fraction of sp³-hybridized carbons (Fsp3) is 0.467. The monoisotopic (exact) mass is 291 g/mol. The molecule has 0 amide bonds. The minimum absolute atomic E-state index is 0.221. The predicted octanol–water partition coefficient (Wildman–Crippen LogP) is 3.55. The van der Waals surface area contributed by atoms with Gasteiger partial charge in [0.15, 0.2) is 5.17 Å². The quantitative estimate of drug-likeness (QED) is 0.904. The molecule has 106 valence electrons. The van der Waals surface area contributed by atoms with Gasteiger partial charge >= 0.3 is 0 Å². The molecule has 0 radical (unpaired) electrons. The molecule has 1 fully saturated rings. The van der Waals surface area contributed by atoms with Gasteiger partial charge in [0, 0.05) is 11.3 Å². The van der Waals surface area contributed by atoms with Crippen molar-refractivity contribution in [3.63, 3.8) is 0 Å². The minimum Gasteiger partial charge on any atom is -0.258 e. The second-order valence-corrected chi connectivity index (χ2v) is 6.13. The number of rotatable bonds is 2. The fourth-order valence-corrected chi connectivity index (χ4v) is 3.42. The van der Waals surface area contributed by atoms with Crippen molar-refractivity contribution in [2.45, 2.75) is 38.1 Å². The Labute approximate surface area is 122 Å². The van der Waals surface area contributed by atoms with Crippen molar-refractivity contribution >= 4 is 22.6 Å². The number of thioether (sulfide) groups is 1. The van der Waals surface area contributed by atoms with E-state index in [2.05, 4.69) is 10.5 Å². The summed E-state index contributed by atoms with van der Waals surface area (Å²) in [7, 11) is 0. The Morgan fingerprint density at radius 2 is 2.00 bits per heavy atom. The van der Waals surface area contributed by atoms with Crippen LogP contribution in [0, 0.1) is 5.82 Å². The molecule has 0 aromatic heterocycles. The molecule has 1 aliphatic heterocycles. The lowest BCUT2D eigenvalue weighted by Crippen LogP contribution is -2.27. The molecule has 20 heavy (non-hydrogen) atoms. The molecule has 1 aromatic rings. The van der Waals surface area contributed by atoms with Crippen LogP contribution < -0.4 is 5.43 Å². The zero-order valence-corrected chi connectivity index (χ0v) is 12.1. The molecule has 2 aliphatic rings. The summed E-state index contributed by atoms with van der Waals surface area (Å²) in [6.07, 6.45) is 6.23. The Hall–Kier alpha value is -1.36. The van der Waals surface area contributed by atoms with Gasteiger partial charge in [-0.25, -0.2) is 4.39 Å². The smallest absolute Gasteiger partial charge is 0.177 e. The van der Waals surface area contributed by atoms with Crippen molar-refractivity contribution in [1.29, 1.82) is 0 Å². The summed E-state index contributed by atoms with van der Waals surface area (Å²) in [5.41, 5.74) is 4.30. The lowest BCUT2D eigenvalue weighted by molar-refractivity contribution is 0.443. The van der Waals surface area contributed by atoms with E-state index in [1.807, 2.05) is 6.07 Å². The molecule has 1 aliphatic carbocycles. The van der Waals surface area contributed by atoms with Crippen LogP contribution in [-0.2, 0) is 0 Å². The van der Waals surface area contributed by atoms with E-state index in [-0.39, 0.29) is 5.82 Å². The van der Waals surface area contributed by atoms with Crippen LogP contribution in [0.3, 0.4) is 0 Å². The molecule has 1 saturated carbocycles. The third kappa shape index (κ3) is 3.20. The summed E-state index contributed by atoms with van der Waals surface area (Å²) in [6, 6.07) is 7.19. The molecule has 5 heteroatoms. The summed E-state index contributed by atoms with van der Waals surface area (Å²) in [5, 5.41) is 5.15.